The zero-order valence-electron chi connectivity index (χ0n) is 43.5. The Morgan fingerprint density at radius 2 is 0.697 bits per heavy atom. The first kappa shape index (κ1) is 65.0. The van der Waals surface area contributed by atoms with Crippen molar-refractivity contribution in [1.82, 2.24) is 9.97 Å². The van der Waals surface area contributed by atoms with Gasteiger partial charge in [-0.25, -0.2) is 0 Å². The molecule has 0 radical (unpaired) electrons. The Balaban J connectivity index is 0. The second kappa shape index (κ2) is 30.4. The van der Waals surface area contributed by atoms with Gasteiger partial charge in [0.15, 0.2) is 0 Å². The Labute approximate surface area is 445 Å². The topological polar surface area (TPSA) is 54.0 Å². The first-order chi connectivity index (χ1) is 28.8. The Hall–Kier alpha value is -3.05. The summed E-state index contributed by atoms with van der Waals surface area (Å²) in [6.07, 6.45) is 0. The second-order valence-corrected chi connectivity index (χ2v) is 25.7. The molecule has 0 amide bonds. The predicted molar refractivity (Wildman–Crippen MR) is 291 cm³/mol. The molecule has 4 aromatic carbocycles. The van der Waals surface area contributed by atoms with Crippen LogP contribution in [0.3, 0.4) is 0 Å². The van der Waals surface area contributed by atoms with E-state index in [9.17, 15) is 0 Å². The molecule has 4 nitrogen and oxygen atoms in total. The van der Waals surface area contributed by atoms with Crippen LogP contribution < -0.4 is 10.6 Å². The Kier molecular flexibility index (Phi) is 30.0. The first-order valence-corrected chi connectivity index (χ1v) is 27.2. The fourth-order valence-corrected chi connectivity index (χ4v) is 14.3. The summed E-state index contributed by atoms with van der Waals surface area (Å²) in [5.41, 5.74) is 11.9. The van der Waals surface area contributed by atoms with E-state index in [1.807, 2.05) is 36.4 Å². The number of nitrogens with zero attached hydrogens (tertiary/aromatic N) is 4. The summed E-state index contributed by atoms with van der Waals surface area (Å²) in [5.74, 6) is 1.78. The van der Waals surface area contributed by atoms with Crippen molar-refractivity contribution in [2.24, 2.45) is 0 Å². The van der Waals surface area contributed by atoms with Gasteiger partial charge >= 0.3 is 51.7 Å². The second-order valence-electron chi connectivity index (χ2n) is 17.3. The van der Waals surface area contributed by atoms with Gasteiger partial charge < -0.3 is 49.6 Å². The SMILES string of the molecule is CC[Si](CC)([N-]c1c(C(C)C)cccc1C(C)C)c1cccc(-c2[c-]cccc2)n1.CC[Si](CC)([N-]c1c(C(C)C)cccc1C(C)C)c1cccc(-c2[c-]cccc2)n1.[CH3-].[CH3-].[CH3-].[CH3-].[Hf+4].[Hf+4]. The molecule has 0 aliphatic heterocycles. The normalized spacial score (nSPS) is 10.8. The van der Waals surface area contributed by atoms with Gasteiger partial charge in [0.25, 0.3) is 0 Å². The minimum Gasteiger partial charge on any atom is -0.682 e. The molecule has 0 aliphatic rings. The van der Waals surface area contributed by atoms with Crippen molar-refractivity contribution in [3.63, 3.8) is 0 Å². The van der Waals surface area contributed by atoms with E-state index in [1.54, 1.807) is 0 Å². The number of hydrogen-bond acceptors (Lipinski definition) is 2. The van der Waals surface area contributed by atoms with E-state index in [2.05, 4.69) is 180 Å². The largest absolute Gasteiger partial charge is 4.00 e. The zero-order chi connectivity index (χ0) is 43.5. The monoisotopic (exact) mass is 1250 g/mol. The van der Waals surface area contributed by atoms with E-state index < -0.39 is 16.5 Å². The number of hydrogen-bond donors (Lipinski definition) is 0. The molecule has 2 heterocycles. The average molecular weight is 1250 g/mol. The van der Waals surface area contributed by atoms with Crippen molar-refractivity contribution in [2.45, 2.75) is 131 Å². The molecular weight excluding hydrogens is 1170 g/mol. The maximum Gasteiger partial charge on any atom is 4.00 e. The van der Waals surface area contributed by atoms with Crippen molar-refractivity contribution in [1.29, 1.82) is 0 Å². The first-order valence-electron chi connectivity index (χ1n) is 22.4. The van der Waals surface area contributed by atoms with Crippen LogP contribution in [0.1, 0.15) is 129 Å². The van der Waals surface area contributed by atoms with Crippen LogP contribution in [0.5, 0.6) is 0 Å². The maximum atomic E-state index is 5.64. The molecule has 348 valence electrons. The van der Waals surface area contributed by atoms with E-state index >= 15 is 0 Å². The fourth-order valence-electron chi connectivity index (χ4n) is 8.16. The summed E-state index contributed by atoms with van der Waals surface area (Å²) < 4.78 is 0. The number of aromatic nitrogens is 2. The van der Waals surface area contributed by atoms with Gasteiger partial charge in [-0.2, -0.15) is 0 Å². The molecule has 0 saturated carbocycles. The zero-order valence-corrected chi connectivity index (χ0v) is 52.7. The molecular formula is C58H80Hf2N4Si2. The van der Waals surface area contributed by atoms with Crippen molar-refractivity contribution in [2.75, 3.05) is 0 Å². The van der Waals surface area contributed by atoms with Crippen molar-refractivity contribution < 1.29 is 51.7 Å². The van der Waals surface area contributed by atoms with Gasteiger partial charge in [0.1, 0.15) is 0 Å². The molecule has 0 saturated heterocycles. The van der Waals surface area contributed by atoms with Crippen LogP contribution in [0.25, 0.3) is 32.5 Å². The smallest absolute Gasteiger partial charge is 0.682 e. The number of rotatable bonds is 16. The van der Waals surface area contributed by atoms with Crippen LogP contribution in [-0.4, -0.2) is 26.4 Å². The van der Waals surface area contributed by atoms with Gasteiger partial charge in [0, 0.05) is 16.5 Å². The van der Waals surface area contributed by atoms with Gasteiger partial charge in [-0.15, -0.1) is 83.2 Å². The van der Waals surface area contributed by atoms with E-state index in [0.717, 1.165) is 46.7 Å². The van der Waals surface area contributed by atoms with E-state index in [0.29, 0.717) is 23.7 Å². The van der Waals surface area contributed by atoms with E-state index in [4.69, 9.17) is 19.9 Å². The van der Waals surface area contributed by atoms with Crippen LogP contribution in [0.2, 0.25) is 24.2 Å². The molecule has 66 heavy (non-hydrogen) atoms. The molecule has 0 unspecified atom stereocenters. The van der Waals surface area contributed by atoms with Crippen LogP contribution in [-0.2, 0) is 51.7 Å². The average Bonchev–Trinajstić information content (AvgIpc) is 3.28. The third-order valence-electron chi connectivity index (χ3n) is 12.1. The minimum absolute atomic E-state index is 0. The maximum absolute atomic E-state index is 5.64. The summed E-state index contributed by atoms with van der Waals surface area (Å²) in [6, 6.07) is 53.2. The molecule has 6 aromatic rings. The van der Waals surface area contributed by atoms with Crippen LogP contribution in [0.4, 0.5) is 11.4 Å². The summed E-state index contributed by atoms with van der Waals surface area (Å²) in [6.45, 7) is 27.3. The predicted octanol–water partition coefficient (Wildman–Crippen LogP) is 17.2. The molecule has 0 atom stereocenters. The van der Waals surface area contributed by atoms with Crippen LogP contribution in [0, 0.1) is 41.8 Å². The number of benzene rings is 4. The summed E-state index contributed by atoms with van der Waals surface area (Å²) >= 11 is 0. The minimum atomic E-state index is -2.18. The fraction of sp³-hybridized carbons (Fsp3) is 0.345. The Bertz CT molecular complexity index is 2040. The summed E-state index contributed by atoms with van der Waals surface area (Å²) in [4.78, 5) is 21.6. The molecule has 8 heteroatoms. The van der Waals surface area contributed by atoms with Gasteiger partial charge in [-0.1, -0.05) is 190 Å². The molecule has 6 rings (SSSR count). The molecule has 0 bridgehead atoms. The number of pyridine rings is 2. The Morgan fingerprint density at radius 3 is 0.939 bits per heavy atom. The van der Waals surface area contributed by atoms with Gasteiger partial charge in [0.05, 0.1) is 0 Å². The van der Waals surface area contributed by atoms with Crippen molar-refractivity contribution >= 4 is 38.5 Å². The molecule has 2 aromatic heterocycles. The van der Waals surface area contributed by atoms with Gasteiger partial charge in [-0.3, -0.25) is 0 Å². The quantitative estimate of drug-likeness (QED) is 0.0716. The summed E-state index contributed by atoms with van der Waals surface area (Å²) in [5, 5.41) is 2.35. The third-order valence-corrected chi connectivity index (χ3v) is 20.5. The van der Waals surface area contributed by atoms with Gasteiger partial charge in [0.2, 0.25) is 0 Å². The molecule has 0 spiro atoms. The molecule has 0 fully saturated rings. The van der Waals surface area contributed by atoms with Crippen molar-refractivity contribution in [3.05, 3.63) is 195 Å². The molecule has 0 aliphatic carbocycles. The van der Waals surface area contributed by atoms with Crippen molar-refractivity contribution in [3.8, 4) is 22.5 Å². The molecule has 0 N–H and O–H groups in total. The van der Waals surface area contributed by atoms with E-state index in [-0.39, 0.29) is 81.4 Å². The summed E-state index contributed by atoms with van der Waals surface area (Å²) in [7, 11) is -4.36. The van der Waals surface area contributed by atoms with E-state index in [1.165, 1.54) is 44.3 Å². The van der Waals surface area contributed by atoms with Crippen LogP contribution >= 0.6 is 0 Å². The standard InChI is InChI=1S/2C27H34N2Si.4CH3.2Hf/c2*1-7-30(8-2,26-19-13-18-25(28-26)22-14-10-9-11-15-22)29-27-23(20(3)4)16-12-17-24(27)21(5)6;;;;;;/h2*9-14,16-21H,7-8H2,1-6H3;4*1H3;;/q2*-2;4*-1;2*+4. The van der Waals surface area contributed by atoms with Gasteiger partial charge in [-0.05, 0) is 57.8 Å². The third kappa shape index (κ3) is 15.5. The van der Waals surface area contributed by atoms with Crippen LogP contribution in [0.15, 0.2) is 121 Å². The Morgan fingerprint density at radius 1 is 0.409 bits per heavy atom.